The lowest BCUT2D eigenvalue weighted by molar-refractivity contribution is -0.143. The van der Waals surface area contributed by atoms with Crippen LogP contribution in [-0.2, 0) is 17.6 Å². The number of fused-ring (bicyclic) bond motifs is 1. The second-order valence-corrected chi connectivity index (χ2v) is 5.92. The lowest BCUT2D eigenvalue weighted by Crippen LogP contribution is -2.42. The molecule has 1 saturated heterocycles. The highest BCUT2D eigenvalue weighted by Crippen LogP contribution is 2.26. The minimum Gasteiger partial charge on any atom is -0.481 e. The highest BCUT2D eigenvalue weighted by Gasteiger charge is 2.32. The SMILES string of the molecule is O=C(O)[C@H]1CCCN(C(=O)c2noc3c2CCCCC3)C1. The number of carbonyl (C=O) groups excluding carboxylic acids is 1. The number of carboxylic acids is 1. The Bertz CT molecular complexity index is 552. The molecule has 1 aliphatic carbocycles. The van der Waals surface area contributed by atoms with Gasteiger partial charge in [0, 0.05) is 25.1 Å². The molecule has 1 fully saturated rings. The van der Waals surface area contributed by atoms with Gasteiger partial charge in [-0.05, 0) is 32.1 Å². The molecule has 1 aromatic rings. The summed E-state index contributed by atoms with van der Waals surface area (Å²) in [7, 11) is 0. The van der Waals surface area contributed by atoms with Gasteiger partial charge in [0.05, 0.1) is 5.92 Å². The molecule has 1 aliphatic heterocycles. The van der Waals surface area contributed by atoms with Crippen LogP contribution in [0.2, 0.25) is 0 Å². The summed E-state index contributed by atoms with van der Waals surface area (Å²) in [5, 5.41) is 13.1. The lowest BCUT2D eigenvalue weighted by Gasteiger charge is -2.30. The van der Waals surface area contributed by atoms with Gasteiger partial charge in [-0.3, -0.25) is 9.59 Å². The molecular formula is C15H20N2O4. The largest absolute Gasteiger partial charge is 0.481 e. The van der Waals surface area contributed by atoms with Gasteiger partial charge < -0.3 is 14.5 Å². The second-order valence-electron chi connectivity index (χ2n) is 5.92. The molecule has 21 heavy (non-hydrogen) atoms. The third-order valence-corrected chi connectivity index (χ3v) is 4.46. The highest BCUT2D eigenvalue weighted by atomic mass is 16.5. The molecule has 6 nitrogen and oxygen atoms in total. The summed E-state index contributed by atoms with van der Waals surface area (Å²) in [5.74, 6) is -0.629. The van der Waals surface area contributed by atoms with Crippen molar-refractivity contribution >= 4 is 11.9 Å². The van der Waals surface area contributed by atoms with Crippen LogP contribution >= 0.6 is 0 Å². The Morgan fingerprint density at radius 3 is 2.81 bits per heavy atom. The van der Waals surface area contributed by atoms with Gasteiger partial charge in [-0.1, -0.05) is 11.6 Å². The van der Waals surface area contributed by atoms with Crippen molar-refractivity contribution in [3.63, 3.8) is 0 Å². The predicted octanol–water partition coefficient (Wildman–Crippen LogP) is 1.88. The van der Waals surface area contributed by atoms with Crippen LogP contribution in [0.4, 0.5) is 0 Å². The van der Waals surface area contributed by atoms with E-state index < -0.39 is 11.9 Å². The molecule has 114 valence electrons. The average molecular weight is 292 g/mol. The van der Waals surface area contributed by atoms with Crippen LogP contribution in [0.5, 0.6) is 0 Å². The maximum Gasteiger partial charge on any atom is 0.308 e. The molecule has 0 aromatic carbocycles. The van der Waals surface area contributed by atoms with Crippen LogP contribution in [0.1, 0.15) is 53.9 Å². The van der Waals surface area contributed by atoms with E-state index in [0.29, 0.717) is 18.7 Å². The Labute approximate surface area is 123 Å². The van der Waals surface area contributed by atoms with Crippen molar-refractivity contribution < 1.29 is 19.2 Å². The van der Waals surface area contributed by atoms with Crippen LogP contribution < -0.4 is 0 Å². The number of carboxylic acid groups (broad SMARTS) is 1. The van der Waals surface area contributed by atoms with Gasteiger partial charge in [-0.25, -0.2) is 0 Å². The molecule has 1 amide bonds. The fourth-order valence-corrected chi connectivity index (χ4v) is 3.24. The second kappa shape index (κ2) is 5.87. The molecule has 1 aromatic heterocycles. The first-order chi connectivity index (χ1) is 10.2. The van der Waals surface area contributed by atoms with Crippen molar-refractivity contribution in [2.24, 2.45) is 5.92 Å². The molecule has 3 rings (SSSR count). The number of aromatic nitrogens is 1. The minimum absolute atomic E-state index is 0.173. The third kappa shape index (κ3) is 2.80. The van der Waals surface area contributed by atoms with Gasteiger partial charge in [0.15, 0.2) is 5.69 Å². The maximum absolute atomic E-state index is 12.6. The van der Waals surface area contributed by atoms with Crippen LogP contribution in [0, 0.1) is 5.92 Å². The summed E-state index contributed by atoms with van der Waals surface area (Å²) in [6, 6.07) is 0. The lowest BCUT2D eigenvalue weighted by atomic mass is 9.97. The summed E-state index contributed by atoms with van der Waals surface area (Å²) in [6.07, 6.45) is 6.29. The summed E-state index contributed by atoms with van der Waals surface area (Å²) in [5.41, 5.74) is 1.34. The molecule has 0 saturated carbocycles. The highest BCUT2D eigenvalue weighted by molar-refractivity contribution is 5.94. The van der Waals surface area contributed by atoms with E-state index in [1.165, 1.54) is 0 Å². The van der Waals surface area contributed by atoms with Gasteiger partial charge >= 0.3 is 5.97 Å². The first-order valence-electron chi connectivity index (χ1n) is 7.66. The van der Waals surface area contributed by atoms with Crippen LogP contribution in [-0.4, -0.2) is 40.1 Å². The Kier molecular flexibility index (Phi) is 3.94. The number of rotatable bonds is 2. The van der Waals surface area contributed by atoms with E-state index in [0.717, 1.165) is 49.8 Å². The van der Waals surface area contributed by atoms with Gasteiger partial charge in [0.25, 0.3) is 5.91 Å². The Morgan fingerprint density at radius 1 is 1.19 bits per heavy atom. The number of amides is 1. The topological polar surface area (TPSA) is 83.6 Å². The van der Waals surface area contributed by atoms with Gasteiger partial charge in [-0.2, -0.15) is 0 Å². The van der Waals surface area contributed by atoms with E-state index >= 15 is 0 Å². The Balaban J connectivity index is 1.79. The van der Waals surface area contributed by atoms with Gasteiger partial charge in [0.1, 0.15) is 5.76 Å². The summed E-state index contributed by atoms with van der Waals surface area (Å²) in [6.45, 7) is 0.875. The number of aryl methyl sites for hydroxylation is 1. The molecule has 2 aliphatic rings. The number of hydrogen-bond acceptors (Lipinski definition) is 4. The standard InChI is InChI=1S/C15H20N2O4/c18-14(17-8-4-5-10(9-17)15(19)20)13-11-6-2-1-3-7-12(11)21-16-13/h10H,1-9H2,(H,19,20)/t10-/m0/s1. The van der Waals surface area contributed by atoms with Crippen molar-refractivity contribution in [3.05, 3.63) is 17.0 Å². The van der Waals surface area contributed by atoms with Crippen LogP contribution in [0.25, 0.3) is 0 Å². The number of nitrogens with zero attached hydrogens (tertiary/aromatic N) is 2. The quantitative estimate of drug-likeness (QED) is 0.841. The average Bonchev–Trinajstić information content (AvgIpc) is 2.75. The van der Waals surface area contributed by atoms with Crippen molar-refractivity contribution in [3.8, 4) is 0 Å². The van der Waals surface area contributed by atoms with E-state index in [-0.39, 0.29) is 12.5 Å². The smallest absolute Gasteiger partial charge is 0.308 e. The Hall–Kier alpha value is -1.85. The van der Waals surface area contributed by atoms with Gasteiger partial charge in [-0.15, -0.1) is 0 Å². The first kappa shape index (κ1) is 14.1. The van der Waals surface area contributed by atoms with Crippen LogP contribution in [0.3, 0.4) is 0 Å². The van der Waals surface area contributed by atoms with Crippen molar-refractivity contribution in [2.75, 3.05) is 13.1 Å². The number of piperidine rings is 1. The number of likely N-dealkylation sites (tertiary alicyclic amines) is 1. The van der Waals surface area contributed by atoms with E-state index in [9.17, 15) is 9.59 Å². The Morgan fingerprint density at radius 2 is 2.00 bits per heavy atom. The van der Waals surface area contributed by atoms with E-state index in [4.69, 9.17) is 9.63 Å². The van der Waals surface area contributed by atoms with Crippen molar-refractivity contribution in [1.29, 1.82) is 0 Å². The molecular weight excluding hydrogens is 272 g/mol. The molecule has 2 heterocycles. The summed E-state index contributed by atoms with van der Waals surface area (Å²) >= 11 is 0. The molecule has 0 unspecified atom stereocenters. The fraction of sp³-hybridized carbons (Fsp3) is 0.667. The molecule has 1 atom stereocenters. The van der Waals surface area contributed by atoms with E-state index in [1.54, 1.807) is 4.90 Å². The monoisotopic (exact) mass is 292 g/mol. The third-order valence-electron chi connectivity index (χ3n) is 4.46. The summed E-state index contributed by atoms with van der Waals surface area (Å²) < 4.78 is 5.34. The van der Waals surface area contributed by atoms with Crippen molar-refractivity contribution in [1.82, 2.24) is 10.1 Å². The number of aliphatic carboxylic acids is 1. The zero-order chi connectivity index (χ0) is 14.8. The summed E-state index contributed by atoms with van der Waals surface area (Å²) in [4.78, 5) is 25.4. The molecule has 0 radical (unpaired) electrons. The van der Waals surface area contributed by atoms with E-state index in [1.807, 2.05) is 0 Å². The van der Waals surface area contributed by atoms with Gasteiger partial charge in [0.2, 0.25) is 0 Å². The fourth-order valence-electron chi connectivity index (χ4n) is 3.24. The maximum atomic E-state index is 12.6. The zero-order valence-electron chi connectivity index (χ0n) is 12.0. The first-order valence-corrected chi connectivity index (χ1v) is 7.66. The predicted molar refractivity (Wildman–Crippen MR) is 74.0 cm³/mol. The van der Waals surface area contributed by atoms with Crippen LogP contribution in [0.15, 0.2) is 4.52 Å². The normalized spacial score (nSPS) is 22.5. The number of hydrogen-bond donors (Lipinski definition) is 1. The molecule has 0 spiro atoms. The van der Waals surface area contributed by atoms with E-state index in [2.05, 4.69) is 5.16 Å². The molecule has 0 bridgehead atoms. The molecule has 1 N–H and O–H groups in total. The zero-order valence-corrected chi connectivity index (χ0v) is 12.0. The number of carbonyl (C=O) groups is 2. The minimum atomic E-state index is -0.827. The van der Waals surface area contributed by atoms with Crippen molar-refractivity contribution in [2.45, 2.75) is 44.9 Å². The molecule has 6 heteroatoms.